The summed E-state index contributed by atoms with van der Waals surface area (Å²) in [5.74, 6) is 1.44. The number of hydrogen-bond acceptors (Lipinski definition) is 4. The molecule has 4 heteroatoms. The molecule has 1 aromatic rings. The number of hydrogen-bond donors (Lipinski definition) is 1. The van der Waals surface area contributed by atoms with E-state index in [2.05, 4.69) is 13.8 Å². The van der Waals surface area contributed by atoms with Crippen LogP contribution in [-0.2, 0) is 11.3 Å². The fourth-order valence-corrected chi connectivity index (χ4v) is 1.80. The molecule has 1 aromatic carbocycles. The average Bonchev–Trinajstić information content (AvgIpc) is 2.46. The smallest absolute Gasteiger partial charge is 0.161 e. The molecule has 0 radical (unpaired) electrons. The molecule has 0 aliphatic heterocycles. The lowest BCUT2D eigenvalue weighted by Crippen LogP contribution is -2.43. The largest absolute Gasteiger partial charge is 0.493 e. The molecule has 0 saturated carbocycles. The normalized spacial score (nSPS) is 11.4. The zero-order chi connectivity index (χ0) is 14.3. The van der Waals surface area contributed by atoms with Crippen molar-refractivity contribution >= 4 is 0 Å². The maximum Gasteiger partial charge on any atom is 0.161 e. The summed E-state index contributed by atoms with van der Waals surface area (Å²) in [6.45, 7) is 5.26. The van der Waals surface area contributed by atoms with Gasteiger partial charge in [-0.05, 0) is 30.5 Å². The molecule has 108 valence electrons. The Labute approximate surface area is 115 Å². The lowest BCUT2D eigenvalue weighted by molar-refractivity contribution is 0.0695. The lowest BCUT2D eigenvalue weighted by Gasteiger charge is -2.26. The maximum atomic E-state index is 6.19. The van der Waals surface area contributed by atoms with Crippen LogP contribution in [-0.4, -0.2) is 26.4 Å². The van der Waals surface area contributed by atoms with Crippen molar-refractivity contribution in [2.75, 3.05) is 20.8 Å². The van der Waals surface area contributed by atoms with E-state index in [1.165, 1.54) is 0 Å². The van der Waals surface area contributed by atoms with Crippen molar-refractivity contribution in [1.82, 2.24) is 0 Å². The van der Waals surface area contributed by atoms with Gasteiger partial charge in [-0.25, -0.2) is 0 Å². The van der Waals surface area contributed by atoms with Crippen LogP contribution in [0.3, 0.4) is 0 Å². The molecule has 0 spiro atoms. The third-order valence-corrected chi connectivity index (χ3v) is 3.51. The Balaban J connectivity index is 2.59. The molecule has 0 heterocycles. The molecule has 4 nitrogen and oxygen atoms in total. The molecule has 0 amide bonds. The van der Waals surface area contributed by atoms with Gasteiger partial charge in [-0.3, -0.25) is 0 Å². The first-order valence-electron chi connectivity index (χ1n) is 6.66. The highest BCUT2D eigenvalue weighted by atomic mass is 16.5. The highest BCUT2D eigenvalue weighted by molar-refractivity contribution is 5.42. The highest BCUT2D eigenvalue weighted by Crippen LogP contribution is 2.27. The van der Waals surface area contributed by atoms with Gasteiger partial charge >= 0.3 is 0 Å². The third kappa shape index (κ3) is 4.40. The van der Waals surface area contributed by atoms with E-state index in [4.69, 9.17) is 19.9 Å². The van der Waals surface area contributed by atoms with Crippen molar-refractivity contribution in [3.8, 4) is 11.5 Å². The van der Waals surface area contributed by atoms with Crippen molar-refractivity contribution in [3.63, 3.8) is 0 Å². The number of ether oxygens (including phenoxy) is 3. The van der Waals surface area contributed by atoms with Gasteiger partial charge in [-0.2, -0.15) is 0 Å². The van der Waals surface area contributed by atoms with Gasteiger partial charge in [0, 0.05) is 5.54 Å². The molecule has 0 bridgehead atoms. The summed E-state index contributed by atoms with van der Waals surface area (Å²) in [7, 11) is 3.25. The van der Waals surface area contributed by atoms with Crippen LogP contribution in [0.5, 0.6) is 11.5 Å². The fourth-order valence-electron chi connectivity index (χ4n) is 1.80. The van der Waals surface area contributed by atoms with Gasteiger partial charge in [0.05, 0.1) is 27.4 Å². The molecule has 19 heavy (non-hydrogen) atoms. The SMILES string of the molecule is CCC(N)(CC)COCc1ccc(OC)c(OC)c1. The first-order chi connectivity index (χ1) is 9.08. The Morgan fingerprint density at radius 1 is 1.05 bits per heavy atom. The Morgan fingerprint density at radius 3 is 2.21 bits per heavy atom. The summed E-state index contributed by atoms with van der Waals surface area (Å²) in [6.07, 6.45) is 1.82. The monoisotopic (exact) mass is 267 g/mol. The number of rotatable bonds is 8. The van der Waals surface area contributed by atoms with Gasteiger partial charge in [0.2, 0.25) is 0 Å². The molecule has 0 aliphatic carbocycles. The van der Waals surface area contributed by atoms with E-state index in [1.807, 2.05) is 18.2 Å². The summed E-state index contributed by atoms with van der Waals surface area (Å²) >= 11 is 0. The summed E-state index contributed by atoms with van der Waals surface area (Å²) < 4.78 is 16.2. The van der Waals surface area contributed by atoms with Gasteiger partial charge in [0.15, 0.2) is 11.5 Å². The first kappa shape index (κ1) is 15.8. The molecule has 0 aliphatic rings. The van der Waals surface area contributed by atoms with Crippen molar-refractivity contribution in [1.29, 1.82) is 0 Å². The van der Waals surface area contributed by atoms with E-state index in [0.29, 0.717) is 19.0 Å². The minimum atomic E-state index is -0.226. The molecule has 0 atom stereocenters. The van der Waals surface area contributed by atoms with Gasteiger partial charge in [-0.15, -0.1) is 0 Å². The molecule has 0 saturated heterocycles. The van der Waals surface area contributed by atoms with Crippen LogP contribution in [0.15, 0.2) is 18.2 Å². The van der Waals surface area contributed by atoms with Crippen molar-refractivity contribution in [3.05, 3.63) is 23.8 Å². The molecule has 1 rings (SSSR count). The first-order valence-corrected chi connectivity index (χ1v) is 6.66. The number of nitrogens with two attached hydrogens (primary N) is 1. The summed E-state index contributed by atoms with van der Waals surface area (Å²) in [5.41, 5.74) is 7.02. The standard InChI is InChI=1S/C15H25NO3/c1-5-15(16,6-2)11-19-10-12-7-8-13(17-3)14(9-12)18-4/h7-9H,5-6,10-11,16H2,1-4H3. The van der Waals surface area contributed by atoms with E-state index in [9.17, 15) is 0 Å². The van der Waals surface area contributed by atoms with Gasteiger partial charge in [0.1, 0.15) is 0 Å². The van der Waals surface area contributed by atoms with Gasteiger partial charge < -0.3 is 19.9 Å². The van der Waals surface area contributed by atoms with E-state index in [0.717, 1.165) is 24.2 Å². The van der Waals surface area contributed by atoms with Crippen LogP contribution in [0.2, 0.25) is 0 Å². The second kappa shape index (κ2) is 7.36. The predicted octanol–water partition coefficient (Wildman–Crippen LogP) is 2.74. The minimum absolute atomic E-state index is 0.226. The second-order valence-electron chi connectivity index (χ2n) is 4.75. The molecule has 2 N–H and O–H groups in total. The fraction of sp³-hybridized carbons (Fsp3) is 0.600. The minimum Gasteiger partial charge on any atom is -0.493 e. The third-order valence-electron chi connectivity index (χ3n) is 3.51. The van der Waals surface area contributed by atoms with Crippen LogP contribution in [0.1, 0.15) is 32.3 Å². The molecular formula is C15H25NO3. The molecule has 0 fully saturated rings. The van der Waals surface area contributed by atoms with Crippen molar-refractivity contribution in [2.24, 2.45) is 5.73 Å². The zero-order valence-electron chi connectivity index (χ0n) is 12.4. The van der Waals surface area contributed by atoms with E-state index >= 15 is 0 Å². The molecule has 0 unspecified atom stereocenters. The van der Waals surface area contributed by atoms with Gasteiger partial charge in [-0.1, -0.05) is 19.9 Å². The van der Waals surface area contributed by atoms with Crippen LogP contribution in [0.4, 0.5) is 0 Å². The number of methoxy groups -OCH3 is 2. The summed E-state index contributed by atoms with van der Waals surface area (Å²) in [4.78, 5) is 0. The van der Waals surface area contributed by atoms with E-state index in [-0.39, 0.29) is 5.54 Å². The molecule has 0 aromatic heterocycles. The topological polar surface area (TPSA) is 53.7 Å². The Kier molecular flexibility index (Phi) is 6.12. The maximum absolute atomic E-state index is 6.19. The quantitative estimate of drug-likeness (QED) is 0.787. The van der Waals surface area contributed by atoms with Crippen LogP contribution in [0.25, 0.3) is 0 Å². The Hall–Kier alpha value is -1.26. The van der Waals surface area contributed by atoms with Gasteiger partial charge in [0.25, 0.3) is 0 Å². The number of benzene rings is 1. The predicted molar refractivity (Wildman–Crippen MR) is 76.7 cm³/mol. The van der Waals surface area contributed by atoms with Crippen LogP contribution in [0, 0.1) is 0 Å². The van der Waals surface area contributed by atoms with Crippen LogP contribution >= 0.6 is 0 Å². The summed E-state index contributed by atoms with van der Waals surface area (Å²) in [5, 5.41) is 0. The Bertz CT molecular complexity index is 389. The van der Waals surface area contributed by atoms with Crippen LogP contribution < -0.4 is 15.2 Å². The van der Waals surface area contributed by atoms with Crippen molar-refractivity contribution in [2.45, 2.75) is 38.8 Å². The lowest BCUT2D eigenvalue weighted by atomic mass is 9.96. The van der Waals surface area contributed by atoms with E-state index in [1.54, 1.807) is 14.2 Å². The Morgan fingerprint density at radius 2 is 1.68 bits per heavy atom. The highest BCUT2D eigenvalue weighted by Gasteiger charge is 2.20. The van der Waals surface area contributed by atoms with Crippen molar-refractivity contribution < 1.29 is 14.2 Å². The second-order valence-corrected chi connectivity index (χ2v) is 4.75. The summed E-state index contributed by atoms with van der Waals surface area (Å²) in [6, 6.07) is 5.78. The molecular weight excluding hydrogens is 242 g/mol. The zero-order valence-corrected chi connectivity index (χ0v) is 12.4. The van der Waals surface area contributed by atoms with E-state index < -0.39 is 0 Å². The average molecular weight is 267 g/mol.